The van der Waals surface area contributed by atoms with Gasteiger partial charge in [0.25, 0.3) is 5.91 Å². The predicted octanol–water partition coefficient (Wildman–Crippen LogP) is 2.32. The van der Waals surface area contributed by atoms with Crippen molar-refractivity contribution < 1.29 is 4.79 Å². The number of aromatic nitrogens is 3. The lowest BCUT2D eigenvalue weighted by molar-refractivity contribution is 0.0697. The Morgan fingerprint density at radius 2 is 2.24 bits per heavy atom. The van der Waals surface area contributed by atoms with Gasteiger partial charge in [0, 0.05) is 44.1 Å². The Morgan fingerprint density at radius 1 is 1.33 bits per heavy atom. The third-order valence-electron chi connectivity index (χ3n) is 4.05. The van der Waals surface area contributed by atoms with E-state index in [1.807, 2.05) is 29.4 Å². The largest absolute Gasteiger partial charge is 0.337 e. The summed E-state index contributed by atoms with van der Waals surface area (Å²) < 4.78 is 2.17. The zero-order valence-corrected chi connectivity index (χ0v) is 12.3. The van der Waals surface area contributed by atoms with Crippen LogP contribution in [0, 0.1) is 0 Å². The smallest absolute Gasteiger partial charge is 0.272 e. The monoisotopic (exact) mass is 284 g/mol. The summed E-state index contributed by atoms with van der Waals surface area (Å²) in [6, 6.07) is 5.46. The minimum absolute atomic E-state index is 0.0231. The van der Waals surface area contributed by atoms with Crippen LogP contribution in [0.15, 0.2) is 36.8 Å². The summed E-state index contributed by atoms with van der Waals surface area (Å²) in [7, 11) is 0. The Hall–Kier alpha value is -2.17. The first-order valence-corrected chi connectivity index (χ1v) is 7.51. The number of hydrogen-bond donors (Lipinski definition) is 0. The molecule has 1 aliphatic rings. The summed E-state index contributed by atoms with van der Waals surface area (Å²) in [5.74, 6) is 1.44. The number of pyridine rings is 1. The number of amides is 1. The molecule has 3 heterocycles. The van der Waals surface area contributed by atoms with Gasteiger partial charge in [0.2, 0.25) is 0 Å². The van der Waals surface area contributed by atoms with Crippen molar-refractivity contribution in [2.75, 3.05) is 13.1 Å². The first kappa shape index (κ1) is 13.8. The molecule has 110 valence electrons. The van der Waals surface area contributed by atoms with E-state index in [0.717, 1.165) is 38.3 Å². The van der Waals surface area contributed by atoms with Gasteiger partial charge in [0.05, 0.1) is 0 Å². The minimum atomic E-state index is 0.0231. The highest BCUT2D eigenvalue weighted by atomic mass is 16.2. The third-order valence-corrected chi connectivity index (χ3v) is 4.05. The molecule has 2 aromatic rings. The summed E-state index contributed by atoms with van der Waals surface area (Å²) in [5.41, 5.74) is 0.525. The highest BCUT2D eigenvalue weighted by Gasteiger charge is 2.28. The molecule has 0 saturated carbocycles. The number of likely N-dealkylation sites (tertiary alicyclic amines) is 1. The van der Waals surface area contributed by atoms with Gasteiger partial charge in [-0.15, -0.1) is 0 Å². The molecule has 5 nitrogen and oxygen atoms in total. The quantitative estimate of drug-likeness (QED) is 0.869. The van der Waals surface area contributed by atoms with Gasteiger partial charge in [0.1, 0.15) is 11.5 Å². The number of imidazole rings is 1. The average molecular weight is 284 g/mol. The van der Waals surface area contributed by atoms with Crippen molar-refractivity contribution in [3.8, 4) is 0 Å². The van der Waals surface area contributed by atoms with Crippen LogP contribution in [-0.4, -0.2) is 38.4 Å². The molecule has 1 saturated heterocycles. The van der Waals surface area contributed by atoms with Gasteiger partial charge in [-0.25, -0.2) is 4.98 Å². The van der Waals surface area contributed by atoms with Crippen LogP contribution in [-0.2, 0) is 6.54 Å². The molecule has 0 radical (unpaired) electrons. The second-order valence-electron chi connectivity index (χ2n) is 5.38. The van der Waals surface area contributed by atoms with Crippen molar-refractivity contribution >= 4 is 5.91 Å². The van der Waals surface area contributed by atoms with Crippen molar-refractivity contribution in [3.05, 3.63) is 48.3 Å². The standard InChI is InChI=1S/C16H20N4O/c1-2-19-11-9-18-15(19)13-6-5-10-20(12-13)16(21)14-7-3-4-8-17-14/h3-4,7-9,11,13H,2,5-6,10,12H2,1H3/t13-/m0/s1. The van der Waals surface area contributed by atoms with Crippen LogP contribution in [0.4, 0.5) is 0 Å². The molecule has 0 N–H and O–H groups in total. The van der Waals surface area contributed by atoms with Crippen LogP contribution in [0.25, 0.3) is 0 Å². The number of hydrogen-bond acceptors (Lipinski definition) is 3. The van der Waals surface area contributed by atoms with Crippen LogP contribution in [0.3, 0.4) is 0 Å². The zero-order chi connectivity index (χ0) is 14.7. The van der Waals surface area contributed by atoms with Gasteiger partial charge in [-0.1, -0.05) is 6.07 Å². The molecule has 1 fully saturated rings. The number of carbonyl (C=O) groups is 1. The molecule has 3 rings (SSSR count). The van der Waals surface area contributed by atoms with Crippen molar-refractivity contribution in [3.63, 3.8) is 0 Å². The van der Waals surface area contributed by atoms with E-state index >= 15 is 0 Å². The maximum absolute atomic E-state index is 12.5. The molecule has 0 spiro atoms. The van der Waals surface area contributed by atoms with E-state index in [4.69, 9.17) is 0 Å². The lowest BCUT2D eigenvalue weighted by atomic mass is 9.96. The molecule has 1 aliphatic heterocycles. The molecule has 21 heavy (non-hydrogen) atoms. The van der Waals surface area contributed by atoms with E-state index in [-0.39, 0.29) is 5.91 Å². The fourth-order valence-electron chi connectivity index (χ4n) is 2.97. The highest BCUT2D eigenvalue weighted by Crippen LogP contribution is 2.26. The first-order chi connectivity index (χ1) is 10.3. The third kappa shape index (κ3) is 2.82. The predicted molar refractivity (Wildman–Crippen MR) is 80.0 cm³/mol. The minimum Gasteiger partial charge on any atom is -0.337 e. The van der Waals surface area contributed by atoms with E-state index in [1.165, 1.54) is 0 Å². The molecule has 2 aromatic heterocycles. The number of piperidine rings is 1. The van der Waals surface area contributed by atoms with Gasteiger partial charge in [-0.2, -0.15) is 0 Å². The second-order valence-corrected chi connectivity index (χ2v) is 5.38. The van der Waals surface area contributed by atoms with Gasteiger partial charge in [-0.3, -0.25) is 9.78 Å². The van der Waals surface area contributed by atoms with E-state index in [1.54, 1.807) is 12.3 Å². The van der Waals surface area contributed by atoms with Crippen molar-refractivity contribution in [2.45, 2.75) is 32.2 Å². The molecule has 1 amide bonds. The summed E-state index contributed by atoms with van der Waals surface area (Å²) in [5, 5.41) is 0. The van der Waals surface area contributed by atoms with E-state index in [2.05, 4.69) is 21.5 Å². The fourth-order valence-corrected chi connectivity index (χ4v) is 2.97. The second kappa shape index (κ2) is 6.08. The van der Waals surface area contributed by atoms with E-state index in [9.17, 15) is 4.79 Å². The molecule has 0 aromatic carbocycles. The van der Waals surface area contributed by atoms with Crippen LogP contribution >= 0.6 is 0 Å². The Bertz CT molecular complexity index is 608. The van der Waals surface area contributed by atoms with Crippen LogP contribution in [0.2, 0.25) is 0 Å². The summed E-state index contributed by atoms with van der Waals surface area (Å²) in [4.78, 5) is 23.1. The SMILES string of the molecule is CCn1ccnc1[C@H]1CCCN(C(=O)c2ccccn2)C1. The van der Waals surface area contributed by atoms with Crippen molar-refractivity contribution in [1.82, 2.24) is 19.4 Å². The Kier molecular flexibility index (Phi) is 3.99. The van der Waals surface area contributed by atoms with Crippen LogP contribution in [0.1, 0.15) is 42.0 Å². The molecule has 1 atom stereocenters. The number of carbonyl (C=O) groups excluding carboxylic acids is 1. The number of rotatable bonds is 3. The summed E-state index contributed by atoms with van der Waals surface area (Å²) in [6.45, 7) is 4.57. The van der Waals surface area contributed by atoms with Crippen LogP contribution in [0.5, 0.6) is 0 Å². The fraction of sp³-hybridized carbons (Fsp3) is 0.438. The lowest BCUT2D eigenvalue weighted by Crippen LogP contribution is -2.40. The average Bonchev–Trinajstić information content (AvgIpc) is 3.04. The van der Waals surface area contributed by atoms with E-state index in [0.29, 0.717) is 11.6 Å². The van der Waals surface area contributed by atoms with Crippen molar-refractivity contribution in [1.29, 1.82) is 0 Å². The lowest BCUT2D eigenvalue weighted by Gasteiger charge is -2.32. The topological polar surface area (TPSA) is 51.0 Å². The number of aryl methyl sites for hydroxylation is 1. The maximum Gasteiger partial charge on any atom is 0.272 e. The Balaban J connectivity index is 1.76. The molecule has 0 unspecified atom stereocenters. The van der Waals surface area contributed by atoms with Gasteiger partial charge < -0.3 is 9.47 Å². The van der Waals surface area contributed by atoms with E-state index < -0.39 is 0 Å². The highest BCUT2D eigenvalue weighted by molar-refractivity contribution is 5.92. The normalized spacial score (nSPS) is 18.7. The molecular weight excluding hydrogens is 264 g/mol. The molecule has 0 bridgehead atoms. The maximum atomic E-state index is 12.5. The Labute approximate surface area is 124 Å². The molecule has 5 heteroatoms. The molecule has 0 aliphatic carbocycles. The van der Waals surface area contributed by atoms with Gasteiger partial charge >= 0.3 is 0 Å². The van der Waals surface area contributed by atoms with Crippen LogP contribution < -0.4 is 0 Å². The Morgan fingerprint density at radius 3 is 3.00 bits per heavy atom. The first-order valence-electron chi connectivity index (χ1n) is 7.51. The zero-order valence-electron chi connectivity index (χ0n) is 12.3. The van der Waals surface area contributed by atoms with Gasteiger partial charge in [0.15, 0.2) is 0 Å². The number of nitrogens with zero attached hydrogens (tertiary/aromatic N) is 4. The molecular formula is C16H20N4O. The van der Waals surface area contributed by atoms with Crippen molar-refractivity contribution in [2.24, 2.45) is 0 Å². The van der Waals surface area contributed by atoms with Gasteiger partial charge in [-0.05, 0) is 31.9 Å². The summed E-state index contributed by atoms with van der Waals surface area (Å²) >= 11 is 0. The summed E-state index contributed by atoms with van der Waals surface area (Å²) in [6.07, 6.45) is 7.62.